The van der Waals surface area contributed by atoms with Gasteiger partial charge in [0.05, 0.1) is 18.2 Å². The van der Waals surface area contributed by atoms with Crippen LogP contribution in [0.5, 0.6) is 11.5 Å². The molecule has 1 saturated heterocycles. The first-order valence-electron chi connectivity index (χ1n) is 12.2. The number of rotatable bonds is 10. The smallest absolute Gasteiger partial charge is 0.295 e. The topological polar surface area (TPSA) is 90.3 Å². The molecule has 7 heteroatoms. The quantitative estimate of drug-likeness (QED) is 0.296. The predicted octanol–water partition coefficient (Wildman–Crippen LogP) is 4.50. The highest BCUT2D eigenvalue weighted by Gasteiger charge is 2.46. The fraction of sp³-hybridized carbons (Fsp3) is 0.429. The third kappa shape index (κ3) is 5.85. The lowest BCUT2D eigenvalue weighted by atomic mass is 9.94. The number of aryl methyl sites for hydroxylation is 1. The van der Waals surface area contributed by atoms with Gasteiger partial charge in [-0.05, 0) is 67.4 Å². The monoisotopic (exact) mass is 480 g/mol. The summed E-state index contributed by atoms with van der Waals surface area (Å²) in [5.41, 5.74) is 1.98. The van der Waals surface area contributed by atoms with Gasteiger partial charge < -0.3 is 24.7 Å². The number of phenols is 1. The Morgan fingerprint density at radius 1 is 1.09 bits per heavy atom. The molecule has 0 bridgehead atoms. The van der Waals surface area contributed by atoms with Crippen molar-refractivity contribution in [3.8, 4) is 11.5 Å². The van der Waals surface area contributed by atoms with Crippen LogP contribution in [0, 0.1) is 12.8 Å². The van der Waals surface area contributed by atoms with Crippen LogP contribution in [0.3, 0.4) is 0 Å². The summed E-state index contributed by atoms with van der Waals surface area (Å²) in [6.07, 6.45) is 0. The second kappa shape index (κ2) is 11.4. The number of nitrogens with zero attached hydrogens (tertiary/aromatic N) is 2. The van der Waals surface area contributed by atoms with E-state index < -0.39 is 17.7 Å². The van der Waals surface area contributed by atoms with Crippen molar-refractivity contribution in [1.29, 1.82) is 0 Å². The number of benzene rings is 2. The van der Waals surface area contributed by atoms with Crippen LogP contribution in [-0.4, -0.2) is 64.5 Å². The maximum atomic E-state index is 13.2. The second-order valence-electron chi connectivity index (χ2n) is 9.30. The van der Waals surface area contributed by atoms with Crippen LogP contribution in [0.4, 0.5) is 0 Å². The van der Waals surface area contributed by atoms with Crippen molar-refractivity contribution in [1.82, 2.24) is 9.80 Å². The molecule has 1 heterocycles. The Hall–Kier alpha value is -3.32. The van der Waals surface area contributed by atoms with Gasteiger partial charge in [0, 0.05) is 18.7 Å². The van der Waals surface area contributed by atoms with E-state index in [0.29, 0.717) is 42.5 Å². The molecule has 1 fully saturated rings. The van der Waals surface area contributed by atoms with E-state index in [-0.39, 0.29) is 17.1 Å². The zero-order valence-electron chi connectivity index (χ0n) is 21.2. The number of hydrogen-bond acceptors (Lipinski definition) is 6. The summed E-state index contributed by atoms with van der Waals surface area (Å²) in [4.78, 5) is 30.0. The Labute approximate surface area is 207 Å². The molecule has 0 aromatic heterocycles. The maximum Gasteiger partial charge on any atom is 0.295 e. The molecule has 0 radical (unpaired) electrons. The molecule has 0 unspecified atom stereocenters. The van der Waals surface area contributed by atoms with E-state index in [0.717, 1.165) is 18.7 Å². The minimum absolute atomic E-state index is 0.0514. The predicted molar refractivity (Wildman–Crippen MR) is 136 cm³/mol. The summed E-state index contributed by atoms with van der Waals surface area (Å²) >= 11 is 0. The number of phenolic OH excluding ortho intramolecular Hbond substituents is 1. The van der Waals surface area contributed by atoms with Gasteiger partial charge in [-0.15, -0.1) is 0 Å². The molecule has 188 valence electrons. The molecule has 0 spiro atoms. The maximum absolute atomic E-state index is 13.2. The van der Waals surface area contributed by atoms with Crippen LogP contribution in [0.2, 0.25) is 0 Å². The summed E-state index contributed by atoms with van der Waals surface area (Å²) in [5, 5.41) is 21.1. The highest BCUT2D eigenvalue weighted by Crippen LogP contribution is 2.40. The molecule has 7 nitrogen and oxygen atoms in total. The number of ketones is 1. The summed E-state index contributed by atoms with van der Waals surface area (Å²) in [5.74, 6) is -0.389. The Morgan fingerprint density at radius 2 is 1.74 bits per heavy atom. The normalized spacial score (nSPS) is 17.6. The number of likely N-dealkylation sites (tertiary alicyclic amines) is 1. The van der Waals surface area contributed by atoms with Gasteiger partial charge in [0.2, 0.25) is 0 Å². The summed E-state index contributed by atoms with van der Waals surface area (Å²) in [6.45, 7) is 13.3. The number of hydrogen-bond donors (Lipinski definition) is 2. The van der Waals surface area contributed by atoms with Gasteiger partial charge in [-0.1, -0.05) is 39.8 Å². The molecule has 2 aromatic rings. The number of aromatic hydroxyl groups is 1. The van der Waals surface area contributed by atoms with Gasteiger partial charge >= 0.3 is 0 Å². The fourth-order valence-electron chi connectivity index (χ4n) is 4.27. The highest BCUT2D eigenvalue weighted by atomic mass is 16.5. The largest absolute Gasteiger partial charge is 0.508 e. The third-order valence-electron chi connectivity index (χ3n) is 6.32. The van der Waals surface area contributed by atoms with Crippen LogP contribution < -0.4 is 4.74 Å². The molecular formula is C28H36N2O5. The van der Waals surface area contributed by atoms with Crippen molar-refractivity contribution in [3.63, 3.8) is 0 Å². The van der Waals surface area contributed by atoms with Crippen LogP contribution in [-0.2, 0) is 9.59 Å². The van der Waals surface area contributed by atoms with Gasteiger partial charge in [-0.25, -0.2) is 0 Å². The average molecular weight is 481 g/mol. The standard InChI is InChI=1S/C28H36N2O5/c1-6-29(7-2)14-15-30-25(20-8-11-22(31)12-9-20)24(27(33)28(30)34)26(32)21-10-13-23(19(5)16-21)35-17-18(3)4/h8-13,16,18,25,31-32H,6-7,14-15,17H2,1-5H3/b26-24+/t25-/m1/s1. The minimum Gasteiger partial charge on any atom is -0.508 e. The Bertz CT molecular complexity index is 1090. The SMILES string of the molecule is CCN(CC)CCN1C(=O)C(=O)/C(=C(/O)c2ccc(OCC(C)C)c(C)c2)[C@H]1c1ccc(O)cc1. The third-order valence-corrected chi connectivity index (χ3v) is 6.32. The lowest BCUT2D eigenvalue weighted by molar-refractivity contribution is -0.140. The lowest BCUT2D eigenvalue weighted by Crippen LogP contribution is -2.38. The minimum atomic E-state index is -0.747. The Balaban J connectivity index is 2.04. The molecule has 1 atom stereocenters. The first-order valence-corrected chi connectivity index (χ1v) is 12.2. The molecule has 1 amide bonds. The van der Waals surface area contributed by atoms with E-state index >= 15 is 0 Å². The van der Waals surface area contributed by atoms with Crippen LogP contribution in [0.25, 0.3) is 5.76 Å². The molecule has 3 rings (SSSR count). The van der Waals surface area contributed by atoms with Gasteiger partial charge in [0.1, 0.15) is 17.3 Å². The number of ether oxygens (including phenoxy) is 1. The van der Waals surface area contributed by atoms with Crippen molar-refractivity contribution in [2.45, 2.75) is 40.7 Å². The Kier molecular flexibility index (Phi) is 8.57. The number of amides is 1. The van der Waals surface area contributed by atoms with Crippen molar-refractivity contribution in [2.75, 3.05) is 32.8 Å². The van der Waals surface area contributed by atoms with E-state index in [1.807, 2.05) is 20.8 Å². The van der Waals surface area contributed by atoms with E-state index in [1.165, 1.54) is 17.0 Å². The van der Waals surface area contributed by atoms with Crippen LogP contribution in [0.1, 0.15) is 50.4 Å². The molecule has 1 aliphatic rings. The van der Waals surface area contributed by atoms with Gasteiger partial charge in [-0.2, -0.15) is 0 Å². The fourth-order valence-corrected chi connectivity index (χ4v) is 4.27. The molecule has 35 heavy (non-hydrogen) atoms. The summed E-state index contributed by atoms with van der Waals surface area (Å²) in [7, 11) is 0. The van der Waals surface area contributed by atoms with Crippen molar-refractivity contribution < 1.29 is 24.5 Å². The first-order chi connectivity index (χ1) is 16.7. The van der Waals surface area contributed by atoms with Gasteiger partial charge in [0.15, 0.2) is 0 Å². The summed E-state index contributed by atoms with van der Waals surface area (Å²) < 4.78 is 5.84. The number of aliphatic hydroxyl groups excluding tert-OH is 1. The summed E-state index contributed by atoms with van der Waals surface area (Å²) in [6, 6.07) is 10.9. The van der Waals surface area contributed by atoms with Gasteiger partial charge in [-0.3, -0.25) is 9.59 Å². The van der Waals surface area contributed by atoms with Crippen LogP contribution in [0.15, 0.2) is 48.0 Å². The van der Waals surface area contributed by atoms with Crippen molar-refractivity contribution in [3.05, 3.63) is 64.7 Å². The second-order valence-corrected chi connectivity index (χ2v) is 9.30. The molecule has 0 saturated carbocycles. The van der Waals surface area contributed by atoms with E-state index in [4.69, 9.17) is 4.74 Å². The zero-order valence-corrected chi connectivity index (χ0v) is 21.2. The van der Waals surface area contributed by atoms with E-state index in [1.54, 1.807) is 30.3 Å². The number of carbonyl (C=O) groups is 2. The number of aliphatic hydroxyl groups is 1. The molecule has 2 aromatic carbocycles. The number of likely N-dealkylation sites (N-methyl/N-ethyl adjacent to an activating group) is 1. The number of carbonyl (C=O) groups excluding carboxylic acids is 2. The lowest BCUT2D eigenvalue weighted by Gasteiger charge is -2.28. The van der Waals surface area contributed by atoms with Crippen molar-refractivity contribution in [2.24, 2.45) is 5.92 Å². The van der Waals surface area contributed by atoms with E-state index in [9.17, 15) is 19.8 Å². The highest BCUT2D eigenvalue weighted by molar-refractivity contribution is 6.46. The van der Waals surface area contributed by atoms with E-state index in [2.05, 4.69) is 18.7 Å². The Morgan fingerprint density at radius 3 is 2.31 bits per heavy atom. The van der Waals surface area contributed by atoms with Crippen molar-refractivity contribution >= 4 is 17.4 Å². The first kappa shape index (κ1) is 26.3. The van der Waals surface area contributed by atoms with Crippen LogP contribution >= 0.6 is 0 Å². The number of Topliss-reactive ketones (excluding diaryl/α,β-unsaturated/α-hetero) is 1. The zero-order chi connectivity index (χ0) is 25.7. The molecular weight excluding hydrogens is 444 g/mol. The average Bonchev–Trinajstić information content (AvgIpc) is 3.08. The molecule has 2 N–H and O–H groups in total. The molecule has 0 aliphatic carbocycles. The molecule has 1 aliphatic heterocycles. The van der Waals surface area contributed by atoms with Gasteiger partial charge in [0.25, 0.3) is 11.7 Å².